The van der Waals surface area contributed by atoms with Gasteiger partial charge in [0, 0.05) is 11.6 Å². The monoisotopic (exact) mass is 758 g/mol. The van der Waals surface area contributed by atoms with Crippen molar-refractivity contribution < 1.29 is 33.6 Å². The smallest absolute Gasteiger partial charge is 0.408 e. The summed E-state index contributed by atoms with van der Waals surface area (Å²) in [7, 11) is 0. The van der Waals surface area contributed by atoms with Crippen molar-refractivity contribution >= 4 is 74.7 Å². The molecular weight excluding hydrogens is 721 g/mol. The number of anilines is 1. The minimum absolute atomic E-state index is 0.151. The van der Waals surface area contributed by atoms with E-state index in [0.717, 1.165) is 47.7 Å². The van der Waals surface area contributed by atoms with Crippen LogP contribution in [0.3, 0.4) is 0 Å². The molecule has 2 aliphatic rings. The highest BCUT2D eigenvalue weighted by atomic mass is 32.2. The number of carbonyl (C=O) groups is 4. The van der Waals surface area contributed by atoms with Crippen molar-refractivity contribution in [1.29, 1.82) is 0 Å². The number of hydrogen-bond acceptors (Lipinski definition) is 12. The van der Waals surface area contributed by atoms with E-state index in [-0.39, 0.29) is 42.6 Å². The zero-order valence-corrected chi connectivity index (χ0v) is 30.9. The van der Waals surface area contributed by atoms with E-state index < -0.39 is 28.6 Å². The number of nitro benzene ring substituents is 1. The highest BCUT2D eigenvalue weighted by Gasteiger charge is 2.48. The summed E-state index contributed by atoms with van der Waals surface area (Å²) < 4.78 is 12.3. The summed E-state index contributed by atoms with van der Waals surface area (Å²) in [6, 6.07) is 17.9. The van der Waals surface area contributed by atoms with Crippen molar-refractivity contribution in [3.8, 4) is 0 Å². The summed E-state index contributed by atoms with van der Waals surface area (Å²) >= 11 is 2.42. The topological polar surface area (TPSA) is 182 Å². The summed E-state index contributed by atoms with van der Waals surface area (Å²) in [5.74, 6) is -1.50. The van der Waals surface area contributed by atoms with Crippen LogP contribution in [0.15, 0.2) is 81.1 Å². The van der Waals surface area contributed by atoms with Crippen LogP contribution in [0.5, 0.6) is 0 Å². The van der Waals surface area contributed by atoms with E-state index in [1.165, 1.54) is 28.5 Å². The number of hydrogen-bond donors (Lipinski definition) is 2. The maximum atomic E-state index is 13.1. The molecule has 0 bridgehead atoms. The molecule has 1 aliphatic heterocycles. The van der Waals surface area contributed by atoms with Crippen LogP contribution >= 0.6 is 23.1 Å². The third-order valence-corrected chi connectivity index (χ3v) is 10.8. The van der Waals surface area contributed by atoms with Gasteiger partial charge in [0.05, 0.1) is 57.0 Å². The standard InChI is InChI=1S/C37H38N6O8S2/c1-37(2,3)51-35(47)39-28(21-50-20-22-9-5-4-6-10-22)32(44)41-38-19-23-13-16-30(29(17-23)43(48)49)52-36-40-27-15-14-24(18-31(27)53-36)42-33(45)25-11-7-8-12-26(25)34(42)46/h4-6,9-10,13-19,25-26,28H,7-8,11-12,20-21H2,1-3H3,(H,39,47)(H,41,44)/b38-19-/t25-,26-,28+/m1/s1. The summed E-state index contributed by atoms with van der Waals surface area (Å²) in [6.07, 6.45) is 3.79. The Hall–Kier alpha value is -5.19. The first-order chi connectivity index (χ1) is 25.4. The molecule has 0 spiro atoms. The summed E-state index contributed by atoms with van der Waals surface area (Å²) in [5, 5.41) is 18.6. The van der Waals surface area contributed by atoms with Crippen LogP contribution in [-0.2, 0) is 30.5 Å². The molecule has 0 unspecified atom stereocenters. The first-order valence-electron chi connectivity index (χ1n) is 17.0. The van der Waals surface area contributed by atoms with Gasteiger partial charge in [-0.1, -0.05) is 61.0 Å². The molecule has 2 N–H and O–H groups in total. The first kappa shape index (κ1) is 37.6. The van der Waals surface area contributed by atoms with E-state index in [4.69, 9.17) is 9.47 Å². The number of nitrogens with one attached hydrogen (secondary N) is 2. The Bertz CT molecular complexity index is 2040. The zero-order valence-electron chi connectivity index (χ0n) is 29.3. The number of fused-ring (bicyclic) bond motifs is 2. The Kier molecular flexibility index (Phi) is 11.5. The molecule has 53 heavy (non-hydrogen) atoms. The Labute approximate surface area is 313 Å². The Morgan fingerprint density at radius 3 is 2.47 bits per heavy atom. The number of nitro groups is 1. The van der Waals surface area contributed by atoms with Crippen molar-refractivity contribution in [2.75, 3.05) is 11.5 Å². The predicted molar refractivity (Wildman–Crippen MR) is 200 cm³/mol. The minimum Gasteiger partial charge on any atom is -0.444 e. The molecule has 16 heteroatoms. The average molecular weight is 759 g/mol. The molecule has 1 aliphatic carbocycles. The molecule has 4 aromatic rings. The number of thiazole rings is 1. The van der Waals surface area contributed by atoms with Crippen LogP contribution in [0.1, 0.15) is 57.6 Å². The van der Waals surface area contributed by atoms with E-state index in [0.29, 0.717) is 26.0 Å². The maximum absolute atomic E-state index is 13.1. The molecule has 14 nitrogen and oxygen atoms in total. The minimum atomic E-state index is -1.15. The normalized spacial score (nSPS) is 17.9. The third-order valence-electron chi connectivity index (χ3n) is 8.62. The number of nitrogens with zero attached hydrogens (tertiary/aromatic N) is 4. The van der Waals surface area contributed by atoms with Crippen LogP contribution in [0.25, 0.3) is 10.2 Å². The van der Waals surface area contributed by atoms with Crippen LogP contribution < -0.4 is 15.6 Å². The van der Waals surface area contributed by atoms with Crippen LogP contribution in [-0.4, -0.2) is 58.2 Å². The quantitative estimate of drug-likeness (QED) is 0.0692. The predicted octanol–water partition coefficient (Wildman–Crippen LogP) is 6.60. The molecule has 1 saturated carbocycles. The van der Waals surface area contributed by atoms with Crippen molar-refractivity contribution in [3.63, 3.8) is 0 Å². The Balaban J connectivity index is 1.12. The van der Waals surface area contributed by atoms with E-state index >= 15 is 0 Å². The third kappa shape index (κ3) is 9.25. The van der Waals surface area contributed by atoms with Gasteiger partial charge in [-0.3, -0.25) is 29.4 Å². The number of hydrazone groups is 1. The highest BCUT2D eigenvalue weighted by Crippen LogP contribution is 2.43. The van der Waals surface area contributed by atoms with Gasteiger partial charge in [0.15, 0.2) is 4.34 Å². The van der Waals surface area contributed by atoms with Gasteiger partial charge in [0.25, 0.3) is 11.6 Å². The largest absolute Gasteiger partial charge is 0.444 e. The lowest BCUT2D eigenvalue weighted by atomic mass is 9.81. The second kappa shape index (κ2) is 16.2. The maximum Gasteiger partial charge on any atom is 0.408 e. The molecule has 3 atom stereocenters. The van der Waals surface area contributed by atoms with E-state index in [1.807, 2.05) is 30.3 Å². The van der Waals surface area contributed by atoms with Gasteiger partial charge in [-0.05, 0) is 63.4 Å². The van der Waals surface area contributed by atoms with Gasteiger partial charge < -0.3 is 14.8 Å². The van der Waals surface area contributed by atoms with E-state index in [9.17, 15) is 29.3 Å². The number of imide groups is 1. The number of aromatic nitrogens is 1. The molecule has 3 aromatic carbocycles. The zero-order chi connectivity index (χ0) is 37.7. The second-order valence-corrected chi connectivity index (χ2v) is 16.0. The number of ether oxygens (including phenoxy) is 2. The summed E-state index contributed by atoms with van der Waals surface area (Å²) in [6.45, 7) is 5.13. The van der Waals surface area contributed by atoms with Gasteiger partial charge in [0.1, 0.15) is 11.6 Å². The van der Waals surface area contributed by atoms with Crippen molar-refractivity contribution in [2.45, 2.75) is 73.9 Å². The van der Waals surface area contributed by atoms with Gasteiger partial charge in [-0.15, -0.1) is 11.3 Å². The summed E-state index contributed by atoms with van der Waals surface area (Å²) in [4.78, 5) is 69.6. The van der Waals surface area contributed by atoms with Gasteiger partial charge in [0.2, 0.25) is 11.8 Å². The van der Waals surface area contributed by atoms with E-state index in [1.54, 1.807) is 51.1 Å². The first-order valence-corrected chi connectivity index (χ1v) is 18.7. The van der Waals surface area contributed by atoms with Gasteiger partial charge in [-0.2, -0.15) is 5.10 Å². The molecule has 6 rings (SSSR count). The lowest BCUT2D eigenvalue weighted by Crippen LogP contribution is -2.49. The molecule has 2 heterocycles. The van der Waals surface area contributed by atoms with Crippen LogP contribution in [0.2, 0.25) is 0 Å². The SMILES string of the molecule is CC(C)(C)OC(=O)N[C@@H](COCc1ccccc1)C(=O)N/N=C\c1ccc(Sc2nc3ccc(N4C(=O)[C@@H]5CCCC[C@H]5C4=O)cc3s2)c([N+](=O)[O-])c1. The molecule has 2 fully saturated rings. The molecular formula is C37H38N6O8S2. The fraction of sp³-hybridized carbons (Fsp3) is 0.351. The fourth-order valence-corrected chi connectivity index (χ4v) is 8.32. The molecule has 1 saturated heterocycles. The molecule has 276 valence electrons. The molecule has 0 radical (unpaired) electrons. The number of amides is 4. The van der Waals surface area contributed by atoms with Crippen molar-refractivity contribution in [1.82, 2.24) is 15.7 Å². The molecule has 4 amide bonds. The highest BCUT2D eigenvalue weighted by molar-refractivity contribution is 8.01. The van der Waals surface area contributed by atoms with Crippen LogP contribution in [0, 0.1) is 22.0 Å². The van der Waals surface area contributed by atoms with Gasteiger partial charge >= 0.3 is 6.09 Å². The number of rotatable bonds is 12. The van der Waals surface area contributed by atoms with Crippen molar-refractivity contribution in [3.05, 3.63) is 88.0 Å². The lowest BCUT2D eigenvalue weighted by Gasteiger charge is -2.22. The van der Waals surface area contributed by atoms with Crippen LogP contribution in [0.4, 0.5) is 16.2 Å². The average Bonchev–Trinajstić information content (AvgIpc) is 3.64. The van der Waals surface area contributed by atoms with E-state index in [2.05, 4.69) is 20.8 Å². The number of alkyl carbamates (subject to hydrolysis) is 1. The number of benzene rings is 3. The summed E-state index contributed by atoms with van der Waals surface area (Å²) in [5.41, 5.74) is 3.75. The fourth-order valence-electron chi connectivity index (χ4n) is 6.18. The lowest BCUT2D eigenvalue weighted by molar-refractivity contribution is -0.387. The van der Waals surface area contributed by atoms with Gasteiger partial charge in [-0.25, -0.2) is 15.2 Å². The Morgan fingerprint density at radius 2 is 1.79 bits per heavy atom. The second-order valence-electron chi connectivity index (χ2n) is 13.7. The Morgan fingerprint density at radius 1 is 1.08 bits per heavy atom. The number of carbonyl (C=O) groups excluding carboxylic acids is 4. The van der Waals surface area contributed by atoms with Crippen molar-refractivity contribution in [2.24, 2.45) is 16.9 Å². The molecule has 1 aromatic heterocycles.